The van der Waals surface area contributed by atoms with Gasteiger partial charge >= 0.3 is 0 Å². The van der Waals surface area contributed by atoms with Crippen molar-refractivity contribution in [2.45, 2.75) is 58.4 Å². The van der Waals surface area contributed by atoms with E-state index in [1.165, 1.54) is 15.7 Å². The largest absolute Gasteiger partial charge is 0.378 e. The summed E-state index contributed by atoms with van der Waals surface area (Å²) in [6, 6.07) is 15.7. The molecule has 0 unspecified atom stereocenters. The summed E-state index contributed by atoms with van der Waals surface area (Å²) in [5.41, 5.74) is 3.22. The monoisotopic (exact) mass is 578 g/mol. The molecule has 42 heavy (non-hydrogen) atoms. The molecule has 0 aliphatic carbocycles. The van der Waals surface area contributed by atoms with E-state index < -0.39 is 17.8 Å². The predicted molar refractivity (Wildman–Crippen MR) is 162 cm³/mol. The first kappa shape index (κ1) is 29.8. The molecule has 2 N–H and O–H groups in total. The molecule has 0 atom stereocenters. The Bertz CT molecular complexity index is 1500. The molecule has 6 rings (SSSR count). The lowest BCUT2D eigenvalue weighted by atomic mass is 9.83. The third kappa shape index (κ3) is 6.37. The van der Waals surface area contributed by atoms with Crippen molar-refractivity contribution in [3.8, 4) is 5.95 Å². The Labute approximate surface area is 245 Å². The van der Waals surface area contributed by atoms with Crippen LogP contribution in [0.5, 0.6) is 0 Å². The number of benzene rings is 2. The number of rotatable bonds is 8. The summed E-state index contributed by atoms with van der Waals surface area (Å²) in [6.45, 7) is 8.56. The third-order valence-electron chi connectivity index (χ3n) is 7.80. The first-order chi connectivity index (χ1) is 19.9. The number of anilines is 2. The summed E-state index contributed by atoms with van der Waals surface area (Å²) in [5.74, 6) is 0.996. The lowest BCUT2D eigenvalue weighted by molar-refractivity contribution is 0.122. The van der Waals surface area contributed by atoms with Crippen molar-refractivity contribution in [1.29, 1.82) is 0 Å². The molecule has 2 aromatic carbocycles. The fourth-order valence-corrected chi connectivity index (χ4v) is 5.87. The van der Waals surface area contributed by atoms with Gasteiger partial charge in [-0.1, -0.05) is 43.8 Å². The van der Waals surface area contributed by atoms with Crippen LogP contribution in [0.25, 0.3) is 17.0 Å². The predicted octanol–water partition coefficient (Wildman–Crippen LogP) is 5.52. The number of aromatic nitrogens is 5. The maximum absolute atomic E-state index is 14.2. The van der Waals surface area contributed by atoms with Gasteiger partial charge in [-0.25, -0.2) is 13.8 Å². The highest BCUT2D eigenvalue weighted by molar-refractivity contribution is 5.77. The van der Waals surface area contributed by atoms with Crippen LogP contribution in [0.4, 0.5) is 20.7 Å². The molecule has 0 radical (unpaired) electrons. The smallest absolute Gasteiger partial charge is 0.296 e. The second-order valence-corrected chi connectivity index (χ2v) is 11.4. The number of morpholine rings is 1. The summed E-state index contributed by atoms with van der Waals surface area (Å²) in [4.78, 5) is 20.3. The Balaban J connectivity index is 0.00000353. The summed E-state index contributed by atoms with van der Waals surface area (Å²) < 4.78 is 35.3. The van der Waals surface area contributed by atoms with Gasteiger partial charge in [0, 0.05) is 18.6 Å². The molecule has 0 saturated carbocycles. The number of fused-ring (bicyclic) bond motifs is 1. The molecule has 2 fully saturated rings. The van der Waals surface area contributed by atoms with E-state index >= 15 is 0 Å². The van der Waals surface area contributed by atoms with Gasteiger partial charge in [-0.2, -0.15) is 15.0 Å². The van der Waals surface area contributed by atoms with Crippen molar-refractivity contribution < 1.29 is 13.5 Å². The molecule has 9 nitrogen and oxygen atoms in total. The number of ether oxygens (including phenoxy) is 1. The normalized spacial score (nSPS) is 16.5. The second kappa shape index (κ2) is 12.7. The van der Waals surface area contributed by atoms with Gasteiger partial charge in [0.15, 0.2) is 5.82 Å². The molecule has 2 saturated heterocycles. The van der Waals surface area contributed by atoms with E-state index in [1.54, 1.807) is 24.3 Å². The first-order valence-electron chi connectivity index (χ1n) is 14.3. The minimum Gasteiger partial charge on any atom is -0.378 e. The molecule has 0 amide bonds. The molecule has 2 aliphatic rings. The summed E-state index contributed by atoms with van der Waals surface area (Å²) in [5, 5.41) is 6.98. The maximum Gasteiger partial charge on any atom is 0.296 e. The van der Waals surface area contributed by atoms with E-state index in [0.717, 1.165) is 32.4 Å². The minimum absolute atomic E-state index is 0. The van der Waals surface area contributed by atoms with E-state index in [2.05, 4.69) is 58.7 Å². The lowest BCUT2D eigenvalue weighted by Crippen LogP contribution is -2.39. The number of hydrogen-bond donors (Lipinski definition) is 2. The Morgan fingerprint density at radius 3 is 2.40 bits per heavy atom. The van der Waals surface area contributed by atoms with Gasteiger partial charge in [-0.15, -0.1) is 0 Å². The quantitative estimate of drug-likeness (QED) is 0.282. The third-order valence-corrected chi connectivity index (χ3v) is 7.80. The van der Waals surface area contributed by atoms with Crippen LogP contribution in [-0.4, -0.2) is 69.4 Å². The SMILES string of the molecule is C.CC(C)(Cc1ccccc1C1CCNCC1)Nc1nc(N2CCOCC2)nc(-n2c(C(F)F)nc3ccccc32)n1. The standard InChI is InChI=1S/C30H36F2N8O.CH4/c1-30(2,19-21-7-3-4-8-22(21)20-11-13-33-14-12-20)38-27-35-28(39-15-17-41-18-16-39)37-29(36-27)40-24-10-6-5-9-23(24)34-26(40)25(31)32;/h3-10,20,25,33H,11-19H2,1-2H3,(H,35,36,37,38);1H4. The van der Waals surface area contributed by atoms with Crippen molar-refractivity contribution >= 4 is 22.9 Å². The van der Waals surface area contributed by atoms with Gasteiger partial charge in [0.2, 0.25) is 17.8 Å². The fraction of sp³-hybridized carbons (Fsp3) is 0.484. The van der Waals surface area contributed by atoms with E-state index in [1.807, 2.05) is 4.90 Å². The van der Waals surface area contributed by atoms with Crippen LogP contribution in [-0.2, 0) is 11.2 Å². The van der Waals surface area contributed by atoms with E-state index in [9.17, 15) is 8.78 Å². The molecule has 224 valence electrons. The zero-order valence-electron chi connectivity index (χ0n) is 23.5. The van der Waals surface area contributed by atoms with Crippen LogP contribution >= 0.6 is 0 Å². The van der Waals surface area contributed by atoms with Gasteiger partial charge in [0.1, 0.15) is 0 Å². The number of halogens is 2. The summed E-state index contributed by atoms with van der Waals surface area (Å²) >= 11 is 0. The second-order valence-electron chi connectivity index (χ2n) is 11.4. The zero-order valence-corrected chi connectivity index (χ0v) is 23.5. The number of nitrogens with zero attached hydrogens (tertiary/aromatic N) is 6. The van der Waals surface area contributed by atoms with Gasteiger partial charge < -0.3 is 20.3 Å². The lowest BCUT2D eigenvalue weighted by Gasteiger charge is -2.31. The van der Waals surface area contributed by atoms with Crippen LogP contribution in [0.2, 0.25) is 0 Å². The van der Waals surface area contributed by atoms with Crippen molar-refractivity contribution in [2.75, 3.05) is 49.6 Å². The molecule has 0 bridgehead atoms. The van der Waals surface area contributed by atoms with Crippen LogP contribution in [0, 0.1) is 0 Å². The van der Waals surface area contributed by atoms with Gasteiger partial charge in [0.05, 0.1) is 24.2 Å². The number of alkyl halides is 2. The van der Waals surface area contributed by atoms with Crippen molar-refractivity contribution in [1.82, 2.24) is 29.8 Å². The Morgan fingerprint density at radius 1 is 0.952 bits per heavy atom. The van der Waals surface area contributed by atoms with E-state index in [4.69, 9.17) is 14.7 Å². The maximum atomic E-state index is 14.2. The average molecular weight is 579 g/mol. The Morgan fingerprint density at radius 2 is 1.64 bits per heavy atom. The molecule has 11 heteroatoms. The van der Waals surface area contributed by atoms with E-state index in [0.29, 0.717) is 55.2 Å². The zero-order chi connectivity index (χ0) is 28.4. The van der Waals surface area contributed by atoms with Gasteiger partial charge in [-0.05, 0) is 75.4 Å². The first-order valence-corrected chi connectivity index (χ1v) is 14.3. The van der Waals surface area contributed by atoms with Crippen LogP contribution in [0.15, 0.2) is 48.5 Å². The molecule has 2 aromatic heterocycles. The fourth-order valence-electron chi connectivity index (χ4n) is 5.87. The minimum atomic E-state index is -2.80. The van der Waals surface area contributed by atoms with Crippen LogP contribution in [0.1, 0.15) is 63.4 Å². The van der Waals surface area contributed by atoms with Crippen LogP contribution < -0.4 is 15.5 Å². The average Bonchev–Trinajstić information content (AvgIpc) is 3.38. The highest BCUT2D eigenvalue weighted by Crippen LogP contribution is 2.32. The molecule has 4 aromatic rings. The summed E-state index contributed by atoms with van der Waals surface area (Å²) in [6.07, 6.45) is 0.189. The topological polar surface area (TPSA) is 93.0 Å². The Kier molecular flexibility index (Phi) is 8.98. The number of piperidine rings is 1. The highest BCUT2D eigenvalue weighted by atomic mass is 19.3. The Hall–Kier alpha value is -3.70. The van der Waals surface area contributed by atoms with E-state index in [-0.39, 0.29) is 13.4 Å². The molecule has 0 spiro atoms. The van der Waals surface area contributed by atoms with Crippen LogP contribution in [0.3, 0.4) is 0 Å². The van der Waals surface area contributed by atoms with Gasteiger partial charge in [-0.3, -0.25) is 4.57 Å². The number of hydrogen-bond acceptors (Lipinski definition) is 8. The molecule has 2 aliphatic heterocycles. The number of imidazole rings is 1. The van der Waals surface area contributed by atoms with Gasteiger partial charge in [0.25, 0.3) is 6.43 Å². The highest BCUT2D eigenvalue weighted by Gasteiger charge is 2.28. The van der Waals surface area contributed by atoms with Crippen molar-refractivity contribution in [3.05, 3.63) is 65.5 Å². The van der Waals surface area contributed by atoms with Crippen molar-refractivity contribution in [2.24, 2.45) is 0 Å². The molecular weight excluding hydrogens is 538 g/mol. The number of para-hydroxylation sites is 2. The molecule has 4 heterocycles. The van der Waals surface area contributed by atoms with Crippen molar-refractivity contribution in [3.63, 3.8) is 0 Å². The molecular formula is C31H40F2N8O. The number of nitrogens with one attached hydrogen (secondary N) is 2. The summed E-state index contributed by atoms with van der Waals surface area (Å²) in [7, 11) is 0.